The fourth-order valence-corrected chi connectivity index (χ4v) is 2.93. The van der Waals surface area contributed by atoms with Crippen LogP contribution >= 0.6 is 0 Å². The molecule has 1 unspecified atom stereocenters. The Morgan fingerprint density at radius 1 is 1.00 bits per heavy atom. The summed E-state index contributed by atoms with van der Waals surface area (Å²) in [6.45, 7) is 10.8. The normalized spacial score (nSPS) is 20.4. The molecule has 3 nitrogen and oxygen atoms in total. The Kier molecular flexibility index (Phi) is 11.3. The minimum Gasteiger partial charge on any atom is -0.378 e. The second-order valence-electron chi connectivity index (χ2n) is 6.05. The first-order valence-corrected chi connectivity index (χ1v) is 8.91. The number of hydrogen-bond acceptors (Lipinski definition) is 3. The molecule has 0 aliphatic carbocycles. The Morgan fingerprint density at radius 3 is 2.40 bits per heavy atom. The number of nitrogens with one attached hydrogen (secondary N) is 1. The number of nitrogens with zero attached hydrogens (tertiary/aromatic N) is 1. The van der Waals surface area contributed by atoms with E-state index < -0.39 is 0 Å². The number of hydrogen-bond donors (Lipinski definition) is 1. The summed E-state index contributed by atoms with van der Waals surface area (Å²) < 4.78 is 5.61. The van der Waals surface area contributed by atoms with E-state index in [0.717, 1.165) is 32.8 Å². The summed E-state index contributed by atoms with van der Waals surface area (Å²) in [5, 5.41) is 3.46. The van der Waals surface area contributed by atoms with Gasteiger partial charge in [-0.25, -0.2) is 0 Å². The number of rotatable bonds is 12. The lowest BCUT2D eigenvalue weighted by molar-refractivity contribution is -0.00725. The van der Waals surface area contributed by atoms with Crippen LogP contribution in [-0.4, -0.2) is 50.3 Å². The van der Waals surface area contributed by atoms with Crippen LogP contribution in [0.5, 0.6) is 0 Å². The molecule has 0 radical (unpaired) electrons. The van der Waals surface area contributed by atoms with Crippen molar-refractivity contribution in [1.82, 2.24) is 10.2 Å². The van der Waals surface area contributed by atoms with E-state index in [1.807, 2.05) is 0 Å². The third-order valence-corrected chi connectivity index (χ3v) is 4.28. The number of ether oxygens (including phenoxy) is 1. The number of unbranched alkanes of at least 4 members (excludes halogenated alkanes) is 7. The molecule has 0 amide bonds. The fourth-order valence-electron chi connectivity index (χ4n) is 2.93. The molecule has 1 heterocycles. The predicted molar refractivity (Wildman–Crippen MR) is 87.3 cm³/mol. The molecule has 0 aromatic heterocycles. The molecule has 1 N–H and O–H groups in total. The van der Waals surface area contributed by atoms with Crippen LogP contribution < -0.4 is 5.32 Å². The molecule has 120 valence electrons. The van der Waals surface area contributed by atoms with Crippen LogP contribution in [0.4, 0.5) is 0 Å². The quantitative estimate of drug-likeness (QED) is 0.556. The lowest BCUT2D eigenvalue weighted by atomic mass is 10.1. The first-order valence-electron chi connectivity index (χ1n) is 8.91. The van der Waals surface area contributed by atoms with Gasteiger partial charge in [-0.15, -0.1) is 0 Å². The van der Waals surface area contributed by atoms with Crippen LogP contribution in [0.25, 0.3) is 0 Å². The topological polar surface area (TPSA) is 24.5 Å². The molecule has 1 fully saturated rings. The van der Waals surface area contributed by atoms with Crippen LogP contribution in [0.3, 0.4) is 0 Å². The van der Waals surface area contributed by atoms with E-state index in [4.69, 9.17) is 4.74 Å². The summed E-state index contributed by atoms with van der Waals surface area (Å²) >= 11 is 0. The SMILES string of the molecule is CCCCCCCCCCN1CCOCC1CNCC. The molecular formula is C17H36N2O. The first-order chi connectivity index (χ1) is 9.88. The van der Waals surface area contributed by atoms with Gasteiger partial charge in [0.15, 0.2) is 0 Å². The molecule has 0 bridgehead atoms. The number of likely N-dealkylation sites (N-methyl/N-ethyl adjacent to an activating group) is 1. The van der Waals surface area contributed by atoms with Crippen LogP contribution in [-0.2, 0) is 4.74 Å². The van der Waals surface area contributed by atoms with E-state index in [1.54, 1.807) is 0 Å². The Hall–Kier alpha value is -0.120. The molecule has 1 atom stereocenters. The highest BCUT2D eigenvalue weighted by molar-refractivity contribution is 4.77. The van der Waals surface area contributed by atoms with E-state index >= 15 is 0 Å². The third-order valence-electron chi connectivity index (χ3n) is 4.28. The van der Waals surface area contributed by atoms with Crippen molar-refractivity contribution in [2.45, 2.75) is 71.3 Å². The van der Waals surface area contributed by atoms with Crippen LogP contribution in [0.1, 0.15) is 65.2 Å². The summed E-state index contributed by atoms with van der Waals surface area (Å²) in [6.07, 6.45) is 11.3. The highest BCUT2D eigenvalue weighted by Gasteiger charge is 2.21. The Morgan fingerprint density at radius 2 is 1.70 bits per heavy atom. The molecule has 1 aliphatic heterocycles. The maximum Gasteiger partial charge on any atom is 0.0634 e. The van der Waals surface area contributed by atoms with E-state index in [2.05, 4.69) is 24.1 Å². The minimum absolute atomic E-state index is 0.591. The monoisotopic (exact) mass is 284 g/mol. The smallest absolute Gasteiger partial charge is 0.0634 e. The van der Waals surface area contributed by atoms with Crippen molar-refractivity contribution in [3.05, 3.63) is 0 Å². The Bertz CT molecular complexity index is 211. The van der Waals surface area contributed by atoms with E-state index in [1.165, 1.54) is 57.9 Å². The minimum atomic E-state index is 0.591. The van der Waals surface area contributed by atoms with Gasteiger partial charge in [-0.1, -0.05) is 58.8 Å². The van der Waals surface area contributed by atoms with Gasteiger partial charge in [0.2, 0.25) is 0 Å². The number of morpholine rings is 1. The average molecular weight is 284 g/mol. The largest absolute Gasteiger partial charge is 0.378 e. The molecule has 0 spiro atoms. The summed E-state index contributed by atoms with van der Waals surface area (Å²) in [4.78, 5) is 2.63. The molecular weight excluding hydrogens is 248 g/mol. The Labute approximate surface area is 126 Å². The van der Waals surface area contributed by atoms with Gasteiger partial charge in [-0.3, -0.25) is 4.90 Å². The van der Waals surface area contributed by atoms with Crippen LogP contribution in [0.15, 0.2) is 0 Å². The zero-order chi connectivity index (χ0) is 14.5. The van der Waals surface area contributed by atoms with Gasteiger partial charge in [-0.2, -0.15) is 0 Å². The highest BCUT2D eigenvalue weighted by Crippen LogP contribution is 2.11. The van der Waals surface area contributed by atoms with Gasteiger partial charge in [0.1, 0.15) is 0 Å². The average Bonchev–Trinajstić information content (AvgIpc) is 2.49. The fraction of sp³-hybridized carbons (Fsp3) is 1.00. The van der Waals surface area contributed by atoms with Crippen molar-refractivity contribution >= 4 is 0 Å². The van der Waals surface area contributed by atoms with Crippen molar-refractivity contribution in [3.8, 4) is 0 Å². The molecule has 1 rings (SSSR count). The molecule has 1 aliphatic rings. The van der Waals surface area contributed by atoms with Crippen molar-refractivity contribution in [1.29, 1.82) is 0 Å². The lowest BCUT2D eigenvalue weighted by Crippen LogP contribution is -2.50. The summed E-state index contributed by atoms with van der Waals surface area (Å²) in [6, 6.07) is 0.591. The molecule has 3 heteroatoms. The van der Waals surface area contributed by atoms with Crippen LogP contribution in [0, 0.1) is 0 Å². The van der Waals surface area contributed by atoms with Crippen LogP contribution in [0.2, 0.25) is 0 Å². The van der Waals surface area contributed by atoms with Gasteiger partial charge in [0.25, 0.3) is 0 Å². The molecule has 0 aromatic rings. The van der Waals surface area contributed by atoms with Gasteiger partial charge in [0, 0.05) is 19.1 Å². The molecule has 20 heavy (non-hydrogen) atoms. The molecule has 0 saturated carbocycles. The van der Waals surface area contributed by atoms with Gasteiger partial charge in [0.05, 0.1) is 13.2 Å². The highest BCUT2D eigenvalue weighted by atomic mass is 16.5. The van der Waals surface area contributed by atoms with Crippen molar-refractivity contribution in [2.24, 2.45) is 0 Å². The summed E-state index contributed by atoms with van der Waals surface area (Å²) in [5.74, 6) is 0. The van der Waals surface area contributed by atoms with Gasteiger partial charge in [-0.05, 0) is 19.5 Å². The molecule has 1 saturated heterocycles. The zero-order valence-electron chi connectivity index (χ0n) is 13.8. The van der Waals surface area contributed by atoms with Crippen molar-refractivity contribution in [2.75, 3.05) is 39.4 Å². The van der Waals surface area contributed by atoms with E-state index in [-0.39, 0.29) is 0 Å². The standard InChI is InChI=1S/C17H36N2O/c1-3-5-6-7-8-9-10-11-12-19-13-14-20-16-17(19)15-18-4-2/h17-18H,3-16H2,1-2H3. The summed E-state index contributed by atoms with van der Waals surface area (Å²) in [5.41, 5.74) is 0. The predicted octanol–water partition coefficient (Wildman–Crippen LogP) is 3.44. The second kappa shape index (κ2) is 12.6. The second-order valence-corrected chi connectivity index (χ2v) is 6.05. The first kappa shape index (κ1) is 17.9. The lowest BCUT2D eigenvalue weighted by Gasteiger charge is -2.35. The zero-order valence-corrected chi connectivity index (χ0v) is 13.8. The summed E-state index contributed by atoms with van der Waals surface area (Å²) in [7, 11) is 0. The molecule has 0 aromatic carbocycles. The van der Waals surface area contributed by atoms with Gasteiger partial charge < -0.3 is 10.1 Å². The van der Waals surface area contributed by atoms with E-state index in [0.29, 0.717) is 6.04 Å². The third kappa shape index (κ3) is 8.23. The van der Waals surface area contributed by atoms with Crippen molar-refractivity contribution in [3.63, 3.8) is 0 Å². The van der Waals surface area contributed by atoms with E-state index in [9.17, 15) is 0 Å². The van der Waals surface area contributed by atoms with Crippen molar-refractivity contribution < 1.29 is 4.74 Å². The maximum atomic E-state index is 5.61. The van der Waals surface area contributed by atoms with Gasteiger partial charge >= 0.3 is 0 Å². The maximum absolute atomic E-state index is 5.61. The Balaban J connectivity index is 2.00.